The quantitative estimate of drug-likeness (QED) is 0.264. The van der Waals surface area contributed by atoms with Crippen LogP contribution in [0.2, 0.25) is 0 Å². The van der Waals surface area contributed by atoms with Crippen LogP contribution in [0.5, 0.6) is 0 Å². The third-order valence-electron chi connectivity index (χ3n) is 5.16. The summed E-state index contributed by atoms with van der Waals surface area (Å²) in [5.74, 6) is 1.58. The molecule has 6 aromatic rings. The van der Waals surface area contributed by atoms with Crippen molar-refractivity contribution in [1.82, 2.24) is 29.1 Å². The molecule has 0 aliphatic heterocycles. The summed E-state index contributed by atoms with van der Waals surface area (Å²) in [5, 5.41) is 2.07. The van der Waals surface area contributed by atoms with Gasteiger partial charge in [-0.2, -0.15) is 0 Å². The first-order valence-corrected chi connectivity index (χ1v) is 9.96. The molecule has 0 saturated heterocycles. The molecule has 0 atom stereocenters. The average Bonchev–Trinajstić information content (AvgIpc) is 3.44. The molecule has 0 aliphatic rings. The third-order valence-corrected chi connectivity index (χ3v) is 5.16. The van der Waals surface area contributed by atoms with Crippen molar-refractivity contribution in [2.75, 3.05) is 0 Å². The second-order valence-electron chi connectivity index (χ2n) is 7.20. The van der Waals surface area contributed by atoms with E-state index in [0.29, 0.717) is 6.42 Å². The van der Waals surface area contributed by atoms with Crippen LogP contribution in [-0.4, -0.2) is 29.1 Å². The van der Waals surface area contributed by atoms with E-state index in [4.69, 9.17) is 9.97 Å². The largest absolute Gasteiger partial charge is 2.00 e. The van der Waals surface area contributed by atoms with E-state index < -0.39 is 0 Å². The molecule has 0 N–H and O–H groups in total. The molecule has 0 aliphatic carbocycles. The normalized spacial score (nSPS) is 11.0. The topological polar surface area (TPSA) is 61.4 Å². The number of pyridine rings is 4. The van der Waals surface area contributed by atoms with Crippen LogP contribution in [0.1, 0.15) is 11.4 Å². The van der Waals surface area contributed by atoms with E-state index in [-0.39, 0.29) is 20.4 Å². The average molecular weight is 507 g/mol. The standard InChI is InChI=1S/C25H16N6.Pd/c1-7-20(28-22(9-1)30-15-11-18-5-3-13-26-24(18)30)17-21-8-2-10-23(29-21)31-16-12-19-6-4-14-27-25(19)31;/h1-14H,17H2;/q-2;+2. The van der Waals surface area contributed by atoms with Gasteiger partial charge in [0.25, 0.3) is 0 Å². The van der Waals surface area contributed by atoms with E-state index in [1.54, 1.807) is 12.4 Å². The maximum atomic E-state index is 4.83. The Hall–Kier alpha value is -3.66. The van der Waals surface area contributed by atoms with E-state index in [9.17, 15) is 0 Å². The van der Waals surface area contributed by atoms with Crippen molar-refractivity contribution in [3.8, 4) is 11.6 Å². The van der Waals surface area contributed by atoms with Gasteiger partial charge in [-0.1, -0.05) is 59.6 Å². The maximum Gasteiger partial charge on any atom is 2.00 e. The van der Waals surface area contributed by atoms with E-state index >= 15 is 0 Å². The summed E-state index contributed by atoms with van der Waals surface area (Å²) in [6, 6.07) is 23.7. The Kier molecular flexibility index (Phi) is 5.36. The van der Waals surface area contributed by atoms with Crippen LogP contribution in [0.4, 0.5) is 0 Å². The maximum absolute atomic E-state index is 4.83. The Labute approximate surface area is 198 Å². The zero-order chi connectivity index (χ0) is 20.6. The second-order valence-corrected chi connectivity index (χ2v) is 7.20. The smallest absolute Gasteiger partial charge is 0.414 e. The Morgan fingerprint density at radius 3 is 1.62 bits per heavy atom. The van der Waals surface area contributed by atoms with Crippen LogP contribution in [0.25, 0.3) is 33.7 Å². The Morgan fingerprint density at radius 2 is 1.12 bits per heavy atom. The van der Waals surface area contributed by atoms with Gasteiger partial charge in [-0.25, -0.2) is 0 Å². The summed E-state index contributed by atoms with van der Waals surface area (Å²) >= 11 is 0. The molecule has 0 bridgehead atoms. The molecule has 0 amide bonds. The molecule has 0 saturated carbocycles. The molecular formula is C25H16N6Pd. The summed E-state index contributed by atoms with van der Waals surface area (Å²) in [6.45, 7) is 0. The summed E-state index contributed by atoms with van der Waals surface area (Å²) < 4.78 is 3.77. The van der Waals surface area contributed by atoms with Crippen molar-refractivity contribution in [1.29, 1.82) is 0 Å². The minimum Gasteiger partial charge on any atom is -0.414 e. The number of nitrogens with zero attached hydrogens (tertiary/aromatic N) is 6. The van der Waals surface area contributed by atoms with Gasteiger partial charge in [0.2, 0.25) is 0 Å². The van der Waals surface area contributed by atoms with Crippen molar-refractivity contribution >= 4 is 22.1 Å². The molecule has 7 heteroatoms. The molecule has 0 spiro atoms. The van der Waals surface area contributed by atoms with Crippen LogP contribution >= 0.6 is 0 Å². The molecule has 0 aromatic carbocycles. The summed E-state index contributed by atoms with van der Waals surface area (Å²) in [7, 11) is 0. The zero-order valence-electron chi connectivity index (χ0n) is 16.8. The Balaban J connectivity index is 0.00000216. The molecule has 156 valence electrons. The molecule has 6 aromatic heterocycles. The van der Waals surface area contributed by atoms with Gasteiger partial charge in [0.15, 0.2) is 0 Å². The van der Waals surface area contributed by atoms with Gasteiger partial charge in [0.1, 0.15) is 0 Å². The fourth-order valence-corrected chi connectivity index (χ4v) is 3.72. The SMILES string of the molecule is [Pd+2].[c-]1cc2cccnc2n1-c1cccc(Cc2cccc(-n3[c-]cc4cccnc43)n2)n1. The van der Waals surface area contributed by atoms with Gasteiger partial charge in [-0.3, -0.25) is 19.9 Å². The van der Waals surface area contributed by atoms with Crippen molar-refractivity contribution < 1.29 is 20.4 Å². The minimum atomic E-state index is 0. The number of hydrogen-bond acceptors (Lipinski definition) is 4. The van der Waals surface area contributed by atoms with Crippen molar-refractivity contribution in [3.63, 3.8) is 0 Å². The van der Waals surface area contributed by atoms with Gasteiger partial charge in [0.05, 0.1) is 11.6 Å². The second kappa shape index (κ2) is 8.47. The monoisotopic (exact) mass is 506 g/mol. The molecule has 0 radical (unpaired) electrons. The van der Waals surface area contributed by atoms with Gasteiger partial charge < -0.3 is 9.13 Å². The van der Waals surface area contributed by atoms with Gasteiger partial charge in [0, 0.05) is 41.5 Å². The molecule has 6 heterocycles. The molecule has 0 unspecified atom stereocenters. The minimum absolute atomic E-state index is 0. The van der Waals surface area contributed by atoms with Crippen molar-refractivity contribution in [2.24, 2.45) is 0 Å². The predicted molar refractivity (Wildman–Crippen MR) is 118 cm³/mol. The Bertz CT molecular complexity index is 1420. The van der Waals surface area contributed by atoms with Crippen molar-refractivity contribution in [2.45, 2.75) is 6.42 Å². The molecular weight excluding hydrogens is 491 g/mol. The van der Waals surface area contributed by atoms with Gasteiger partial charge in [-0.05, 0) is 12.1 Å². The first-order valence-electron chi connectivity index (χ1n) is 9.96. The van der Waals surface area contributed by atoms with Crippen LogP contribution < -0.4 is 0 Å². The van der Waals surface area contributed by atoms with E-state index in [2.05, 4.69) is 22.4 Å². The Morgan fingerprint density at radius 1 is 0.625 bits per heavy atom. The predicted octanol–water partition coefficient (Wildman–Crippen LogP) is 4.34. The molecule has 0 fully saturated rings. The van der Waals surface area contributed by atoms with E-state index in [1.165, 1.54) is 0 Å². The first kappa shape index (κ1) is 20.3. The summed E-state index contributed by atoms with van der Waals surface area (Å²) in [6.07, 6.45) is 10.6. The molecule has 6 rings (SSSR count). The van der Waals surface area contributed by atoms with Crippen LogP contribution in [-0.2, 0) is 26.8 Å². The van der Waals surface area contributed by atoms with Crippen LogP contribution in [0.15, 0.2) is 85.2 Å². The van der Waals surface area contributed by atoms with E-state index in [1.807, 2.05) is 81.9 Å². The summed E-state index contributed by atoms with van der Waals surface area (Å²) in [4.78, 5) is 18.6. The summed E-state index contributed by atoms with van der Waals surface area (Å²) in [5.41, 5.74) is 3.53. The molecule has 6 nitrogen and oxygen atoms in total. The number of hydrogen-bond donors (Lipinski definition) is 0. The van der Waals surface area contributed by atoms with Gasteiger partial charge in [-0.15, -0.1) is 24.3 Å². The van der Waals surface area contributed by atoms with Crippen molar-refractivity contribution in [3.05, 3.63) is 109 Å². The van der Waals surface area contributed by atoms with Crippen LogP contribution in [0.3, 0.4) is 0 Å². The fourth-order valence-electron chi connectivity index (χ4n) is 3.72. The van der Waals surface area contributed by atoms with Gasteiger partial charge >= 0.3 is 20.4 Å². The number of aromatic nitrogens is 6. The first-order chi connectivity index (χ1) is 15.3. The molecule has 32 heavy (non-hydrogen) atoms. The fraction of sp³-hybridized carbons (Fsp3) is 0.0400. The number of fused-ring (bicyclic) bond motifs is 2. The third kappa shape index (κ3) is 3.62. The number of rotatable bonds is 4. The van der Waals surface area contributed by atoms with Crippen LogP contribution in [0, 0.1) is 12.4 Å². The zero-order valence-corrected chi connectivity index (χ0v) is 18.3. The van der Waals surface area contributed by atoms with E-state index in [0.717, 1.165) is 45.1 Å².